The SMILES string of the molecule is CC(C)C[C@@H]1NC(=O)CNC(=O)[C@H](Cc2ccccc2)N(C)C(=O)[C@H](C)NC(=O)[C@H](C)NC(=O)C[C@@H](C(=O)N(C)[C@@H](C)C(=O)N[C@@H](CO)C(=O)NCC(N)=O)NC(=O)[C@H](Cc2ccccc2)NC(=O)[C@H](C(C)C)NC(=O)[C@H](C)CC1=O. The molecule has 2 aromatic carbocycles. The summed E-state index contributed by atoms with van der Waals surface area (Å²) in [5.74, 6) is -13.0. The first-order valence-corrected chi connectivity index (χ1v) is 26.7. The molecule has 81 heavy (non-hydrogen) atoms. The van der Waals surface area contributed by atoms with E-state index in [9.17, 15) is 67.4 Å². The molecule has 0 saturated carbocycles. The van der Waals surface area contributed by atoms with Crippen molar-refractivity contribution in [1.82, 2.24) is 57.7 Å². The Labute approximate surface area is 471 Å². The number of hydrogen-bond acceptors (Lipinski definition) is 14. The number of benzene rings is 2. The van der Waals surface area contributed by atoms with Gasteiger partial charge in [0.15, 0.2) is 5.78 Å². The largest absolute Gasteiger partial charge is 0.394 e. The van der Waals surface area contributed by atoms with Crippen molar-refractivity contribution in [1.29, 1.82) is 0 Å². The van der Waals surface area contributed by atoms with Crippen molar-refractivity contribution in [3.05, 3.63) is 71.8 Å². The van der Waals surface area contributed by atoms with E-state index in [1.165, 1.54) is 34.7 Å². The smallest absolute Gasteiger partial charge is 0.246 e. The second-order valence-corrected chi connectivity index (χ2v) is 21.0. The van der Waals surface area contributed by atoms with Gasteiger partial charge in [0, 0.05) is 39.3 Å². The van der Waals surface area contributed by atoms with E-state index in [2.05, 4.69) is 47.9 Å². The predicted molar refractivity (Wildman–Crippen MR) is 294 cm³/mol. The van der Waals surface area contributed by atoms with Gasteiger partial charge in [-0.15, -0.1) is 0 Å². The number of primary amides is 1. The molecule has 10 atom stereocenters. The highest BCUT2D eigenvalue weighted by Gasteiger charge is 2.38. The summed E-state index contributed by atoms with van der Waals surface area (Å²) in [5, 5.41) is 32.3. The molecule has 0 bridgehead atoms. The van der Waals surface area contributed by atoms with E-state index >= 15 is 0 Å². The average molecular weight is 1130 g/mol. The normalized spacial score (nSPS) is 23.6. The number of aliphatic hydroxyl groups excluding tert-OH is 1. The lowest BCUT2D eigenvalue weighted by molar-refractivity contribution is -0.144. The van der Waals surface area contributed by atoms with Crippen molar-refractivity contribution in [2.45, 2.75) is 142 Å². The third kappa shape index (κ3) is 21.4. The summed E-state index contributed by atoms with van der Waals surface area (Å²) in [7, 11) is 2.47. The van der Waals surface area contributed by atoms with Gasteiger partial charge < -0.3 is 68.5 Å². The molecule has 0 aromatic heterocycles. The Morgan fingerprint density at radius 2 is 1.27 bits per heavy atom. The van der Waals surface area contributed by atoms with E-state index in [-0.39, 0.29) is 31.6 Å². The Kier molecular flexibility index (Phi) is 26.5. The summed E-state index contributed by atoms with van der Waals surface area (Å²) in [4.78, 5) is 180. The maximum Gasteiger partial charge on any atom is 0.246 e. The average Bonchev–Trinajstić information content (AvgIpc) is 3.41. The van der Waals surface area contributed by atoms with Crippen LogP contribution in [0.4, 0.5) is 0 Å². The molecule has 26 nitrogen and oxygen atoms in total. The van der Waals surface area contributed by atoms with E-state index in [4.69, 9.17) is 5.73 Å². The first-order chi connectivity index (χ1) is 38.0. The number of rotatable bonds is 15. The number of amides is 12. The van der Waals surface area contributed by atoms with Gasteiger partial charge in [-0.2, -0.15) is 0 Å². The standard InChI is InChI=1S/C55H80N12O14/c1-29(2)21-37-42(69)22-31(5)47(73)65-46(30(3)4)53(79)62-38(23-35-17-13-11-14-18-35)51(77)63-39(55(81)66(9)34(8)49(75)64-40(28-68)50(76)57-26-43(56)70)25-44(71)59-32(6)48(74)60-33(7)54(80)67(10)41(24-36-19-15-12-16-20-36)52(78)58-27-45(72)61-37/h11-20,29-34,37-41,46,68H,21-28H2,1-10H3,(H2,56,70)(H,57,76)(H,58,78)(H,59,71)(H,60,74)(H,61,72)(H,62,79)(H,63,77)(H,64,75)(H,65,73)/t31-,32+,33+,34+,37+,38+,39+,40+,41+,46+/m1/s1. The lowest BCUT2D eigenvalue weighted by Gasteiger charge is -2.31. The molecular weight excluding hydrogens is 1050 g/mol. The number of Topliss-reactive ketones (excluding diaryl/α,β-unsaturated/α-hetero) is 1. The highest BCUT2D eigenvalue weighted by atomic mass is 16.3. The summed E-state index contributed by atoms with van der Waals surface area (Å²) in [6.45, 7) is 10.0. The Bertz CT molecular complexity index is 2590. The maximum absolute atomic E-state index is 14.6. The fraction of sp³-hybridized carbons (Fsp3) is 0.545. The summed E-state index contributed by atoms with van der Waals surface area (Å²) < 4.78 is 0. The zero-order valence-corrected chi connectivity index (χ0v) is 47.6. The van der Waals surface area contributed by atoms with Crippen molar-refractivity contribution in [2.24, 2.45) is 23.5 Å². The molecule has 12 N–H and O–H groups in total. The van der Waals surface area contributed by atoms with Gasteiger partial charge in [-0.05, 0) is 50.2 Å². The molecule has 1 aliphatic rings. The van der Waals surface area contributed by atoms with Crippen LogP contribution < -0.4 is 53.6 Å². The molecule has 0 radical (unpaired) electrons. The fourth-order valence-electron chi connectivity index (χ4n) is 8.48. The summed E-state index contributed by atoms with van der Waals surface area (Å²) >= 11 is 0. The van der Waals surface area contributed by atoms with Crippen LogP contribution in [0, 0.1) is 17.8 Å². The molecule has 0 aliphatic carbocycles. The van der Waals surface area contributed by atoms with Crippen LogP contribution in [0.25, 0.3) is 0 Å². The van der Waals surface area contributed by atoms with Crippen molar-refractivity contribution in [3.8, 4) is 0 Å². The molecule has 1 saturated heterocycles. The van der Waals surface area contributed by atoms with Crippen LogP contribution in [0.2, 0.25) is 0 Å². The molecule has 12 amide bonds. The monoisotopic (exact) mass is 1130 g/mol. The van der Waals surface area contributed by atoms with Crippen molar-refractivity contribution in [3.63, 3.8) is 0 Å². The Morgan fingerprint density at radius 1 is 0.679 bits per heavy atom. The number of hydrogen-bond donors (Lipinski definition) is 11. The van der Waals surface area contributed by atoms with Crippen LogP contribution in [0.3, 0.4) is 0 Å². The third-order valence-electron chi connectivity index (χ3n) is 13.4. The lowest BCUT2D eigenvalue weighted by Crippen LogP contribution is -2.61. The second kappa shape index (κ2) is 32.1. The van der Waals surface area contributed by atoms with Crippen LogP contribution in [-0.4, -0.2) is 180 Å². The number of nitrogens with zero attached hydrogens (tertiary/aromatic N) is 2. The minimum Gasteiger partial charge on any atom is -0.394 e. The molecule has 3 rings (SSSR count). The minimum absolute atomic E-state index is 0.0296. The molecule has 0 unspecified atom stereocenters. The lowest BCUT2D eigenvalue weighted by atomic mass is 9.93. The fourth-order valence-corrected chi connectivity index (χ4v) is 8.48. The Hall–Kier alpha value is -8.29. The van der Waals surface area contributed by atoms with Gasteiger partial charge in [0.2, 0.25) is 70.9 Å². The quantitative estimate of drug-likeness (QED) is 0.0847. The first-order valence-electron chi connectivity index (χ1n) is 26.7. The minimum atomic E-state index is -1.85. The van der Waals surface area contributed by atoms with Gasteiger partial charge in [-0.1, -0.05) is 95.3 Å². The van der Waals surface area contributed by atoms with Crippen LogP contribution in [0.5, 0.6) is 0 Å². The molecule has 2 aromatic rings. The van der Waals surface area contributed by atoms with Crippen molar-refractivity contribution in [2.75, 3.05) is 33.8 Å². The summed E-state index contributed by atoms with van der Waals surface area (Å²) in [5.41, 5.74) is 6.26. The Morgan fingerprint density at radius 3 is 1.83 bits per heavy atom. The Balaban J connectivity index is 2.13. The van der Waals surface area contributed by atoms with Crippen LogP contribution >= 0.6 is 0 Å². The van der Waals surface area contributed by atoms with Crippen LogP contribution in [-0.2, 0) is 75.2 Å². The molecule has 0 spiro atoms. The molecule has 444 valence electrons. The number of nitrogens with two attached hydrogens (primary N) is 1. The van der Waals surface area contributed by atoms with E-state index in [1.54, 1.807) is 74.5 Å². The molecule has 1 heterocycles. The van der Waals surface area contributed by atoms with Crippen LogP contribution in [0.1, 0.15) is 85.8 Å². The van der Waals surface area contributed by atoms with E-state index < -0.39 is 169 Å². The van der Waals surface area contributed by atoms with Crippen molar-refractivity contribution >= 4 is 76.7 Å². The number of carbonyl (C=O) groups excluding carboxylic acids is 13. The topological polar surface area (TPSA) is 383 Å². The zero-order chi connectivity index (χ0) is 60.8. The van der Waals surface area contributed by atoms with Gasteiger partial charge in [0.25, 0.3) is 0 Å². The van der Waals surface area contributed by atoms with Crippen LogP contribution in [0.15, 0.2) is 60.7 Å². The maximum atomic E-state index is 14.6. The number of aliphatic hydroxyl groups is 1. The molecular formula is C55H80N12O14. The number of carbonyl (C=O) groups is 13. The van der Waals surface area contributed by atoms with Gasteiger partial charge >= 0.3 is 0 Å². The summed E-state index contributed by atoms with van der Waals surface area (Å²) in [6, 6.07) is 4.18. The number of likely N-dealkylation sites (N-methyl/N-ethyl adjacent to an activating group) is 2. The predicted octanol–water partition coefficient (Wildman–Crippen LogP) is -3.01. The molecule has 26 heteroatoms. The van der Waals surface area contributed by atoms with Crippen molar-refractivity contribution < 1.29 is 67.4 Å². The molecule has 1 aliphatic heterocycles. The van der Waals surface area contributed by atoms with E-state index in [1.807, 2.05) is 13.8 Å². The summed E-state index contributed by atoms with van der Waals surface area (Å²) in [6.07, 6.45) is -1.34. The van der Waals surface area contributed by atoms with Gasteiger partial charge in [0.1, 0.15) is 48.3 Å². The number of ketones is 1. The number of nitrogens with one attached hydrogen (secondary N) is 9. The molecule has 1 fully saturated rings. The second-order valence-electron chi connectivity index (χ2n) is 21.0. The van der Waals surface area contributed by atoms with Gasteiger partial charge in [0.05, 0.1) is 32.2 Å². The van der Waals surface area contributed by atoms with Gasteiger partial charge in [-0.25, -0.2) is 0 Å². The van der Waals surface area contributed by atoms with Gasteiger partial charge in [-0.3, -0.25) is 62.3 Å². The van der Waals surface area contributed by atoms with E-state index in [0.29, 0.717) is 11.1 Å². The van der Waals surface area contributed by atoms with E-state index in [0.717, 1.165) is 16.8 Å². The zero-order valence-electron chi connectivity index (χ0n) is 47.6. The third-order valence-corrected chi connectivity index (χ3v) is 13.4. The highest BCUT2D eigenvalue weighted by molar-refractivity contribution is 6.00. The first kappa shape index (κ1) is 67.0. The highest BCUT2D eigenvalue weighted by Crippen LogP contribution is 2.16.